The third-order valence-electron chi connectivity index (χ3n) is 2.45. The first kappa shape index (κ1) is 11.2. The predicted octanol–water partition coefficient (Wildman–Crippen LogP) is 2.34. The van der Waals surface area contributed by atoms with Crippen LogP contribution in [0.1, 0.15) is 50.4 Å². The highest BCUT2D eigenvalue weighted by Gasteiger charge is 2.10. The van der Waals surface area contributed by atoms with Crippen molar-refractivity contribution in [3.63, 3.8) is 0 Å². The molecule has 1 atom stereocenters. The van der Waals surface area contributed by atoms with Crippen LogP contribution >= 0.6 is 0 Å². The van der Waals surface area contributed by atoms with Gasteiger partial charge in [0, 0.05) is 5.69 Å². The first-order valence-corrected chi connectivity index (χ1v) is 5.47. The van der Waals surface area contributed by atoms with Gasteiger partial charge in [-0.1, -0.05) is 13.8 Å². The molecule has 1 heterocycles. The van der Waals surface area contributed by atoms with Crippen LogP contribution in [0.4, 0.5) is 0 Å². The maximum absolute atomic E-state index is 4.56. The SMILES string of the molecule is CCCNC(C)c1nc(CC)c(C)[nH]1. The van der Waals surface area contributed by atoms with Gasteiger partial charge in [0.1, 0.15) is 5.82 Å². The van der Waals surface area contributed by atoms with Crippen LogP contribution < -0.4 is 5.32 Å². The van der Waals surface area contributed by atoms with Crippen molar-refractivity contribution in [2.24, 2.45) is 0 Å². The molecule has 0 saturated heterocycles. The fourth-order valence-corrected chi connectivity index (χ4v) is 1.53. The molecule has 0 aliphatic rings. The van der Waals surface area contributed by atoms with Crippen molar-refractivity contribution >= 4 is 0 Å². The van der Waals surface area contributed by atoms with E-state index in [0.717, 1.165) is 25.2 Å². The maximum Gasteiger partial charge on any atom is 0.123 e. The number of imidazole rings is 1. The Balaban J connectivity index is 2.65. The second-order valence-electron chi connectivity index (χ2n) is 3.72. The van der Waals surface area contributed by atoms with Crippen molar-refractivity contribution < 1.29 is 0 Å². The van der Waals surface area contributed by atoms with Crippen LogP contribution in [0.15, 0.2) is 0 Å². The van der Waals surface area contributed by atoms with E-state index in [4.69, 9.17) is 0 Å². The molecule has 0 aliphatic heterocycles. The number of nitrogens with one attached hydrogen (secondary N) is 2. The van der Waals surface area contributed by atoms with E-state index in [-0.39, 0.29) is 0 Å². The summed E-state index contributed by atoms with van der Waals surface area (Å²) in [6, 6.07) is 0.328. The van der Waals surface area contributed by atoms with Crippen LogP contribution in [0.3, 0.4) is 0 Å². The van der Waals surface area contributed by atoms with E-state index in [1.54, 1.807) is 0 Å². The van der Waals surface area contributed by atoms with Crippen LogP contribution in [-0.4, -0.2) is 16.5 Å². The lowest BCUT2D eigenvalue weighted by molar-refractivity contribution is 0.547. The van der Waals surface area contributed by atoms with E-state index in [1.165, 1.54) is 11.4 Å². The maximum atomic E-state index is 4.56. The summed E-state index contributed by atoms with van der Waals surface area (Å²) in [6.45, 7) is 9.58. The normalized spacial score (nSPS) is 13.1. The van der Waals surface area contributed by atoms with Gasteiger partial charge in [-0.3, -0.25) is 0 Å². The lowest BCUT2D eigenvalue weighted by Gasteiger charge is -2.09. The molecule has 0 saturated carbocycles. The molecule has 3 nitrogen and oxygen atoms in total. The van der Waals surface area contributed by atoms with Gasteiger partial charge < -0.3 is 10.3 Å². The number of hydrogen-bond donors (Lipinski definition) is 2. The van der Waals surface area contributed by atoms with Gasteiger partial charge in [-0.25, -0.2) is 4.98 Å². The zero-order valence-corrected chi connectivity index (χ0v) is 9.65. The molecule has 0 aliphatic carbocycles. The number of aromatic amines is 1. The van der Waals surface area contributed by atoms with Crippen molar-refractivity contribution in [3.05, 3.63) is 17.2 Å². The second-order valence-corrected chi connectivity index (χ2v) is 3.72. The van der Waals surface area contributed by atoms with Crippen LogP contribution in [0, 0.1) is 6.92 Å². The van der Waals surface area contributed by atoms with E-state index in [2.05, 4.69) is 43.0 Å². The zero-order chi connectivity index (χ0) is 10.6. The number of hydrogen-bond acceptors (Lipinski definition) is 2. The van der Waals surface area contributed by atoms with E-state index >= 15 is 0 Å². The molecule has 0 fully saturated rings. The molecule has 3 heteroatoms. The summed E-state index contributed by atoms with van der Waals surface area (Å²) >= 11 is 0. The van der Waals surface area contributed by atoms with Gasteiger partial charge in [-0.05, 0) is 33.2 Å². The van der Waals surface area contributed by atoms with Crippen LogP contribution in [-0.2, 0) is 6.42 Å². The highest BCUT2D eigenvalue weighted by molar-refractivity contribution is 5.14. The van der Waals surface area contributed by atoms with E-state index in [9.17, 15) is 0 Å². The van der Waals surface area contributed by atoms with Crippen molar-refractivity contribution in [1.82, 2.24) is 15.3 Å². The molecule has 1 aromatic heterocycles. The summed E-state index contributed by atoms with van der Waals surface area (Å²) < 4.78 is 0. The van der Waals surface area contributed by atoms with Gasteiger partial charge in [-0.2, -0.15) is 0 Å². The molecule has 80 valence electrons. The minimum absolute atomic E-state index is 0.328. The first-order valence-electron chi connectivity index (χ1n) is 5.47. The molecule has 2 N–H and O–H groups in total. The van der Waals surface area contributed by atoms with Crippen molar-refractivity contribution in [1.29, 1.82) is 0 Å². The van der Waals surface area contributed by atoms with Crippen molar-refractivity contribution in [2.45, 2.75) is 46.6 Å². The zero-order valence-electron chi connectivity index (χ0n) is 9.65. The molecular weight excluding hydrogens is 174 g/mol. The summed E-state index contributed by atoms with van der Waals surface area (Å²) in [5.74, 6) is 1.06. The molecule has 1 aromatic rings. The Morgan fingerprint density at radius 2 is 2.14 bits per heavy atom. The summed E-state index contributed by atoms with van der Waals surface area (Å²) in [4.78, 5) is 7.89. The molecule has 0 radical (unpaired) electrons. The van der Waals surface area contributed by atoms with Crippen LogP contribution in [0.25, 0.3) is 0 Å². The van der Waals surface area contributed by atoms with Gasteiger partial charge in [0.2, 0.25) is 0 Å². The Kier molecular flexibility index (Phi) is 4.14. The van der Waals surface area contributed by atoms with Gasteiger partial charge >= 0.3 is 0 Å². The smallest absolute Gasteiger partial charge is 0.123 e. The Morgan fingerprint density at radius 3 is 2.64 bits per heavy atom. The first-order chi connectivity index (χ1) is 6.69. The lowest BCUT2D eigenvalue weighted by atomic mass is 10.3. The number of aryl methyl sites for hydroxylation is 2. The predicted molar refractivity (Wildman–Crippen MR) is 59.4 cm³/mol. The lowest BCUT2D eigenvalue weighted by Crippen LogP contribution is -2.20. The summed E-state index contributed by atoms with van der Waals surface area (Å²) in [6.07, 6.45) is 2.16. The monoisotopic (exact) mass is 195 g/mol. The molecule has 1 rings (SSSR count). The minimum Gasteiger partial charge on any atom is -0.345 e. The quantitative estimate of drug-likeness (QED) is 0.757. The van der Waals surface area contributed by atoms with E-state index in [0.29, 0.717) is 6.04 Å². The molecule has 0 spiro atoms. The average molecular weight is 195 g/mol. The van der Waals surface area contributed by atoms with Crippen molar-refractivity contribution in [3.8, 4) is 0 Å². The van der Waals surface area contributed by atoms with Crippen molar-refractivity contribution in [2.75, 3.05) is 6.54 Å². The van der Waals surface area contributed by atoms with E-state index < -0.39 is 0 Å². The third-order valence-corrected chi connectivity index (χ3v) is 2.45. The Morgan fingerprint density at radius 1 is 1.43 bits per heavy atom. The van der Waals surface area contributed by atoms with Crippen LogP contribution in [0.2, 0.25) is 0 Å². The largest absolute Gasteiger partial charge is 0.345 e. The van der Waals surface area contributed by atoms with E-state index in [1.807, 2.05) is 0 Å². The van der Waals surface area contributed by atoms with Gasteiger partial charge in [0.25, 0.3) is 0 Å². The second kappa shape index (κ2) is 5.15. The number of aromatic nitrogens is 2. The standard InChI is InChI=1S/C11H21N3/c1-5-7-12-9(4)11-13-8(3)10(6-2)14-11/h9,12H,5-7H2,1-4H3,(H,13,14). The molecule has 0 bridgehead atoms. The van der Waals surface area contributed by atoms with Gasteiger partial charge in [0.15, 0.2) is 0 Å². The Hall–Kier alpha value is -0.830. The molecule has 1 unspecified atom stereocenters. The number of nitrogens with zero attached hydrogens (tertiary/aromatic N) is 1. The van der Waals surface area contributed by atoms with Gasteiger partial charge in [-0.15, -0.1) is 0 Å². The molecule has 0 aromatic carbocycles. The Bertz CT molecular complexity index is 278. The Labute approximate surface area is 86.3 Å². The molecule has 0 amide bonds. The highest BCUT2D eigenvalue weighted by atomic mass is 15.0. The molecular formula is C11H21N3. The fraction of sp³-hybridized carbons (Fsp3) is 0.727. The topological polar surface area (TPSA) is 40.7 Å². The molecule has 14 heavy (non-hydrogen) atoms. The highest BCUT2D eigenvalue weighted by Crippen LogP contribution is 2.12. The third kappa shape index (κ3) is 2.58. The fourth-order valence-electron chi connectivity index (χ4n) is 1.53. The van der Waals surface area contributed by atoms with Crippen LogP contribution in [0.5, 0.6) is 0 Å². The summed E-state index contributed by atoms with van der Waals surface area (Å²) in [5.41, 5.74) is 2.39. The summed E-state index contributed by atoms with van der Waals surface area (Å²) in [7, 11) is 0. The number of rotatable bonds is 5. The van der Waals surface area contributed by atoms with Gasteiger partial charge in [0.05, 0.1) is 11.7 Å². The number of H-pyrrole nitrogens is 1. The minimum atomic E-state index is 0.328. The average Bonchev–Trinajstić information content (AvgIpc) is 2.56. The summed E-state index contributed by atoms with van der Waals surface area (Å²) in [5, 5.41) is 3.42.